The maximum absolute atomic E-state index is 13.5. The molecular formula is C28H19BrClNO4. The molecule has 0 spiro atoms. The van der Waals surface area contributed by atoms with Crippen LogP contribution in [-0.2, 0) is 4.79 Å². The summed E-state index contributed by atoms with van der Waals surface area (Å²) in [6.07, 6.45) is 3.50. The second-order valence-corrected chi connectivity index (χ2v) is 8.62. The lowest BCUT2D eigenvalue weighted by molar-refractivity contribution is -0.113. The van der Waals surface area contributed by atoms with E-state index in [1.54, 1.807) is 24.3 Å². The van der Waals surface area contributed by atoms with E-state index in [0.29, 0.717) is 28.5 Å². The fourth-order valence-corrected chi connectivity index (χ4v) is 4.09. The molecule has 0 saturated heterocycles. The number of benzene rings is 3. The van der Waals surface area contributed by atoms with Gasteiger partial charge in [0.05, 0.1) is 16.9 Å². The highest BCUT2D eigenvalue weighted by atomic mass is 79.9. The summed E-state index contributed by atoms with van der Waals surface area (Å²) in [5.74, 6) is -0.0670. The average Bonchev–Trinajstić information content (AvgIpc) is 3.45. The van der Waals surface area contributed by atoms with E-state index in [1.807, 2.05) is 66.7 Å². The van der Waals surface area contributed by atoms with Gasteiger partial charge in [-0.2, -0.15) is 0 Å². The molecule has 3 aromatic carbocycles. The van der Waals surface area contributed by atoms with Crippen molar-refractivity contribution in [3.05, 3.63) is 124 Å². The molecule has 5 nitrogen and oxygen atoms in total. The number of carbonyl (C=O) groups is 2. The number of aromatic carboxylic acids is 1. The highest BCUT2D eigenvalue weighted by Gasteiger charge is 2.31. The van der Waals surface area contributed by atoms with Crippen molar-refractivity contribution in [2.24, 2.45) is 0 Å². The Morgan fingerprint density at radius 2 is 1.63 bits per heavy atom. The number of carboxylic acids is 1. The Kier molecular flexibility index (Phi) is 7.05. The minimum absolute atomic E-state index is 0. The number of rotatable bonds is 5. The van der Waals surface area contributed by atoms with Crippen molar-refractivity contribution in [3.8, 4) is 11.3 Å². The number of carboxylic acid groups (broad SMARTS) is 1. The molecule has 1 aliphatic rings. The van der Waals surface area contributed by atoms with Crippen LogP contribution >= 0.6 is 28.3 Å². The Morgan fingerprint density at radius 1 is 0.886 bits per heavy atom. The third-order valence-electron chi connectivity index (χ3n) is 5.46. The summed E-state index contributed by atoms with van der Waals surface area (Å²) in [7, 11) is 0. The van der Waals surface area contributed by atoms with Crippen LogP contribution in [-0.4, -0.2) is 17.0 Å². The summed E-state index contributed by atoms with van der Waals surface area (Å²) in [4.78, 5) is 26.5. The molecule has 0 atom stereocenters. The molecule has 4 aromatic rings. The predicted octanol–water partition coefficient (Wildman–Crippen LogP) is 7.30. The lowest BCUT2D eigenvalue weighted by Gasteiger charge is -2.21. The zero-order valence-corrected chi connectivity index (χ0v) is 20.6. The molecule has 174 valence electrons. The predicted molar refractivity (Wildman–Crippen MR) is 142 cm³/mol. The topological polar surface area (TPSA) is 70.8 Å². The first kappa shape index (κ1) is 24.3. The highest BCUT2D eigenvalue weighted by molar-refractivity contribution is 9.10. The van der Waals surface area contributed by atoms with Gasteiger partial charge in [0, 0.05) is 15.6 Å². The normalized spacial score (nSPS) is 14.1. The Labute approximate surface area is 216 Å². The van der Waals surface area contributed by atoms with E-state index in [9.17, 15) is 14.7 Å². The molecule has 0 bridgehead atoms. The van der Waals surface area contributed by atoms with Gasteiger partial charge in [-0.15, -0.1) is 12.4 Å². The maximum atomic E-state index is 13.5. The zero-order chi connectivity index (χ0) is 23.7. The van der Waals surface area contributed by atoms with Crippen LogP contribution in [0.25, 0.3) is 23.1 Å². The van der Waals surface area contributed by atoms with Crippen LogP contribution in [0.4, 0.5) is 5.69 Å². The average molecular weight is 549 g/mol. The number of furan rings is 1. The van der Waals surface area contributed by atoms with Gasteiger partial charge in [0.25, 0.3) is 5.91 Å². The van der Waals surface area contributed by atoms with Crippen LogP contribution in [0.1, 0.15) is 21.7 Å². The number of carbonyl (C=O) groups excluding carboxylic acids is 1. The third kappa shape index (κ3) is 4.99. The van der Waals surface area contributed by atoms with Crippen LogP contribution in [0.15, 0.2) is 112 Å². The van der Waals surface area contributed by atoms with Gasteiger partial charge < -0.3 is 9.52 Å². The largest absolute Gasteiger partial charge is 0.478 e. The number of hydrogen-bond donors (Lipinski definition) is 1. The van der Waals surface area contributed by atoms with Crippen LogP contribution in [0.5, 0.6) is 0 Å². The highest BCUT2D eigenvalue weighted by Crippen LogP contribution is 2.36. The van der Waals surface area contributed by atoms with Gasteiger partial charge >= 0.3 is 5.97 Å². The van der Waals surface area contributed by atoms with Crippen molar-refractivity contribution in [3.63, 3.8) is 0 Å². The van der Waals surface area contributed by atoms with Crippen molar-refractivity contribution >= 4 is 57.7 Å². The Balaban J connectivity index is 0.00000289. The van der Waals surface area contributed by atoms with Gasteiger partial charge in [0.1, 0.15) is 11.5 Å². The molecule has 35 heavy (non-hydrogen) atoms. The van der Waals surface area contributed by atoms with Crippen molar-refractivity contribution in [2.45, 2.75) is 0 Å². The Bertz CT molecular complexity index is 1460. The van der Waals surface area contributed by atoms with Gasteiger partial charge in [-0.05, 0) is 60.2 Å². The maximum Gasteiger partial charge on any atom is 0.335 e. The molecule has 0 aliphatic carbocycles. The lowest BCUT2D eigenvalue weighted by atomic mass is 10.1. The standard InChI is InChI=1S/C28H18BrNO4.ClH/c29-22-11-9-19(10-12-22)26-14-13-24(34-26)16-21-17-25(18-5-2-1-3-6-18)30(27(21)31)23-8-4-7-20(15-23)28(32)33;/h1-17H,(H,32,33);1H. The summed E-state index contributed by atoms with van der Waals surface area (Å²) >= 11 is 3.43. The van der Waals surface area contributed by atoms with E-state index >= 15 is 0 Å². The number of amides is 1. The second kappa shape index (κ2) is 10.2. The molecule has 0 saturated carbocycles. The SMILES string of the molecule is Cl.O=C(O)c1cccc(N2C(=O)C(=Cc3ccc(-c4ccc(Br)cc4)o3)C=C2c2ccccc2)c1. The molecule has 7 heteroatoms. The number of halogens is 2. The molecule has 1 aromatic heterocycles. The number of nitrogens with zero attached hydrogens (tertiary/aromatic N) is 1. The summed E-state index contributed by atoms with van der Waals surface area (Å²) in [6, 6.07) is 27.3. The molecule has 5 rings (SSSR count). The fraction of sp³-hybridized carbons (Fsp3) is 0. The molecule has 2 heterocycles. The Hall–Kier alpha value is -3.87. The van der Waals surface area contributed by atoms with Crippen LogP contribution in [0.3, 0.4) is 0 Å². The van der Waals surface area contributed by atoms with E-state index in [0.717, 1.165) is 15.6 Å². The summed E-state index contributed by atoms with van der Waals surface area (Å²) in [5, 5.41) is 9.41. The van der Waals surface area contributed by atoms with Crippen LogP contribution < -0.4 is 4.90 Å². The van der Waals surface area contributed by atoms with Gasteiger partial charge in [-0.1, -0.05) is 64.5 Å². The summed E-state index contributed by atoms with van der Waals surface area (Å²) in [5.41, 5.74) is 3.47. The van der Waals surface area contributed by atoms with Crippen molar-refractivity contribution in [1.29, 1.82) is 0 Å². The minimum atomic E-state index is -1.05. The van der Waals surface area contributed by atoms with E-state index in [1.165, 1.54) is 17.0 Å². The second-order valence-electron chi connectivity index (χ2n) is 7.70. The quantitative estimate of drug-likeness (QED) is 0.266. The molecule has 1 amide bonds. The van der Waals surface area contributed by atoms with Crippen molar-refractivity contribution in [2.75, 3.05) is 4.90 Å². The number of anilines is 1. The summed E-state index contributed by atoms with van der Waals surface area (Å²) in [6.45, 7) is 0. The van der Waals surface area contributed by atoms with E-state index in [2.05, 4.69) is 15.9 Å². The van der Waals surface area contributed by atoms with Gasteiger partial charge in [-0.25, -0.2) is 4.79 Å². The van der Waals surface area contributed by atoms with Crippen molar-refractivity contribution in [1.82, 2.24) is 0 Å². The van der Waals surface area contributed by atoms with Gasteiger partial charge in [-0.3, -0.25) is 9.69 Å². The first-order chi connectivity index (χ1) is 16.5. The van der Waals surface area contributed by atoms with Crippen molar-refractivity contribution < 1.29 is 19.1 Å². The van der Waals surface area contributed by atoms with E-state index < -0.39 is 5.97 Å². The van der Waals surface area contributed by atoms with Crippen LogP contribution in [0, 0.1) is 0 Å². The molecule has 0 radical (unpaired) electrons. The molecular weight excluding hydrogens is 530 g/mol. The first-order valence-corrected chi connectivity index (χ1v) is 11.3. The Morgan fingerprint density at radius 3 is 2.34 bits per heavy atom. The van der Waals surface area contributed by atoms with Gasteiger partial charge in [0.2, 0.25) is 0 Å². The molecule has 1 N–H and O–H groups in total. The molecule has 0 fully saturated rings. The van der Waals surface area contributed by atoms with E-state index in [4.69, 9.17) is 4.42 Å². The van der Waals surface area contributed by atoms with Gasteiger partial charge in [0.15, 0.2) is 0 Å². The number of hydrogen-bond acceptors (Lipinski definition) is 3. The fourth-order valence-electron chi connectivity index (χ4n) is 3.82. The van der Waals surface area contributed by atoms with E-state index in [-0.39, 0.29) is 23.9 Å². The van der Waals surface area contributed by atoms with Crippen LogP contribution in [0.2, 0.25) is 0 Å². The minimum Gasteiger partial charge on any atom is -0.478 e. The summed E-state index contributed by atoms with van der Waals surface area (Å²) < 4.78 is 6.96. The molecule has 0 unspecified atom stereocenters. The smallest absolute Gasteiger partial charge is 0.335 e. The monoisotopic (exact) mass is 547 g/mol. The molecule has 1 aliphatic heterocycles. The lowest BCUT2D eigenvalue weighted by Crippen LogP contribution is -2.25. The zero-order valence-electron chi connectivity index (χ0n) is 18.2. The third-order valence-corrected chi connectivity index (χ3v) is 5.99. The first-order valence-electron chi connectivity index (χ1n) is 10.5.